The molecule has 6 heteroatoms. The molecule has 5 nitrogen and oxygen atoms in total. The van der Waals surface area contributed by atoms with Crippen molar-refractivity contribution in [3.8, 4) is 0 Å². The van der Waals surface area contributed by atoms with E-state index in [2.05, 4.69) is 10.1 Å². The molecule has 1 unspecified atom stereocenters. The Bertz CT molecular complexity index is 360. The monoisotopic (exact) mass is 277 g/mol. The molecule has 0 saturated heterocycles. The highest BCUT2D eigenvalue weighted by atomic mass is 32.2. The fourth-order valence-corrected chi connectivity index (χ4v) is 4.14. The summed E-state index contributed by atoms with van der Waals surface area (Å²) in [6.07, 6.45) is 4.51. The number of ether oxygens (including phenoxy) is 1. The van der Waals surface area contributed by atoms with E-state index in [0.717, 1.165) is 12.8 Å². The summed E-state index contributed by atoms with van der Waals surface area (Å²) in [6.45, 7) is 0. The van der Waals surface area contributed by atoms with Crippen LogP contribution in [-0.2, 0) is 19.4 Å². The lowest BCUT2D eigenvalue weighted by Gasteiger charge is -2.22. The first-order valence-corrected chi connectivity index (χ1v) is 8.25. The van der Waals surface area contributed by atoms with Crippen molar-refractivity contribution in [2.45, 2.75) is 38.1 Å². The second-order valence-electron chi connectivity index (χ2n) is 4.88. The van der Waals surface area contributed by atoms with Crippen LogP contribution >= 0.6 is 0 Å². The van der Waals surface area contributed by atoms with Gasteiger partial charge in [0.05, 0.1) is 25.0 Å². The zero-order chi connectivity index (χ0) is 13.6. The molecule has 0 aromatic carbocycles. The van der Waals surface area contributed by atoms with E-state index >= 15 is 0 Å². The van der Waals surface area contributed by atoms with Gasteiger partial charge in [0.1, 0.15) is 0 Å². The predicted molar refractivity (Wildman–Crippen MR) is 70.1 cm³/mol. The first kappa shape index (κ1) is 15.4. The van der Waals surface area contributed by atoms with Gasteiger partial charge in [0, 0.05) is 6.04 Å². The van der Waals surface area contributed by atoms with E-state index in [0.29, 0.717) is 5.92 Å². The van der Waals surface area contributed by atoms with E-state index in [1.165, 1.54) is 20.0 Å². The quantitative estimate of drug-likeness (QED) is 0.695. The number of methoxy groups -OCH3 is 1. The van der Waals surface area contributed by atoms with Crippen molar-refractivity contribution in [2.24, 2.45) is 5.92 Å². The lowest BCUT2D eigenvalue weighted by molar-refractivity contribution is -0.140. The van der Waals surface area contributed by atoms with Crippen molar-refractivity contribution in [3.63, 3.8) is 0 Å². The Morgan fingerprint density at radius 2 is 2.00 bits per heavy atom. The molecule has 0 aliphatic heterocycles. The van der Waals surface area contributed by atoms with Crippen LogP contribution in [0.3, 0.4) is 0 Å². The number of carbonyl (C=O) groups excluding carboxylic acids is 1. The molecule has 18 heavy (non-hydrogen) atoms. The topological polar surface area (TPSA) is 72.5 Å². The van der Waals surface area contributed by atoms with Crippen LogP contribution in [0.2, 0.25) is 0 Å². The van der Waals surface area contributed by atoms with E-state index in [1.54, 1.807) is 7.05 Å². The SMILES string of the molecule is CNC(CS(=O)(=O)CCC(=O)OC)C1CCCC1. The number of carbonyl (C=O) groups is 1. The van der Waals surface area contributed by atoms with E-state index in [1.807, 2.05) is 0 Å². The summed E-state index contributed by atoms with van der Waals surface area (Å²) in [7, 11) is -0.127. The molecule has 0 aromatic rings. The molecule has 1 atom stereocenters. The zero-order valence-electron chi connectivity index (χ0n) is 11.1. The van der Waals surface area contributed by atoms with Gasteiger partial charge >= 0.3 is 5.97 Å². The Morgan fingerprint density at radius 1 is 1.39 bits per heavy atom. The maximum absolute atomic E-state index is 11.9. The lowest BCUT2D eigenvalue weighted by Crippen LogP contribution is -2.39. The largest absolute Gasteiger partial charge is 0.469 e. The van der Waals surface area contributed by atoms with Crippen LogP contribution in [0.1, 0.15) is 32.1 Å². The number of esters is 1. The van der Waals surface area contributed by atoms with E-state index < -0.39 is 15.8 Å². The first-order chi connectivity index (χ1) is 8.48. The Kier molecular flexibility index (Phi) is 6.08. The van der Waals surface area contributed by atoms with Crippen LogP contribution < -0.4 is 5.32 Å². The van der Waals surface area contributed by atoms with Gasteiger partial charge in [-0.05, 0) is 25.8 Å². The summed E-state index contributed by atoms with van der Waals surface area (Å²) in [5, 5.41) is 3.11. The van der Waals surface area contributed by atoms with Crippen molar-refractivity contribution in [2.75, 3.05) is 25.7 Å². The van der Waals surface area contributed by atoms with Crippen LogP contribution in [0, 0.1) is 5.92 Å². The molecule has 0 heterocycles. The highest BCUT2D eigenvalue weighted by Crippen LogP contribution is 2.28. The standard InChI is InChI=1S/C12H23NO4S/c1-13-11(10-5-3-4-6-10)9-18(15,16)8-7-12(14)17-2/h10-11,13H,3-9H2,1-2H3. The smallest absolute Gasteiger partial charge is 0.306 e. The van der Waals surface area contributed by atoms with Gasteiger partial charge in [0.15, 0.2) is 9.84 Å². The molecule has 0 spiro atoms. The molecule has 0 aromatic heterocycles. The van der Waals surface area contributed by atoms with Crippen LogP contribution in [-0.4, -0.2) is 46.1 Å². The lowest BCUT2D eigenvalue weighted by atomic mass is 10.0. The van der Waals surface area contributed by atoms with Gasteiger partial charge in [-0.1, -0.05) is 12.8 Å². The molecular formula is C12H23NO4S. The predicted octanol–water partition coefficient (Wildman–Crippen LogP) is 0.742. The summed E-state index contributed by atoms with van der Waals surface area (Å²) in [5.74, 6) is -0.0289. The van der Waals surface area contributed by atoms with Crippen molar-refractivity contribution < 1.29 is 17.9 Å². The molecule has 0 radical (unpaired) electrons. The Hall–Kier alpha value is -0.620. The third kappa shape index (κ3) is 4.94. The summed E-state index contributed by atoms with van der Waals surface area (Å²) < 4.78 is 28.3. The summed E-state index contributed by atoms with van der Waals surface area (Å²) in [4.78, 5) is 11.0. The summed E-state index contributed by atoms with van der Waals surface area (Å²) in [6, 6.07) is 0.00940. The molecule has 0 bridgehead atoms. The fraction of sp³-hybridized carbons (Fsp3) is 0.917. The summed E-state index contributed by atoms with van der Waals surface area (Å²) >= 11 is 0. The molecule has 106 valence electrons. The van der Waals surface area contributed by atoms with Crippen molar-refractivity contribution in [1.29, 1.82) is 0 Å². The minimum atomic E-state index is -3.20. The number of rotatable bonds is 7. The van der Waals surface area contributed by atoms with Gasteiger partial charge < -0.3 is 10.1 Å². The number of hydrogen-bond donors (Lipinski definition) is 1. The van der Waals surface area contributed by atoms with Gasteiger partial charge in [-0.25, -0.2) is 8.42 Å². The van der Waals surface area contributed by atoms with Crippen LogP contribution in [0.5, 0.6) is 0 Å². The number of hydrogen-bond acceptors (Lipinski definition) is 5. The van der Waals surface area contributed by atoms with E-state index in [9.17, 15) is 13.2 Å². The average Bonchev–Trinajstić information content (AvgIpc) is 2.87. The van der Waals surface area contributed by atoms with Crippen LogP contribution in [0.4, 0.5) is 0 Å². The van der Waals surface area contributed by atoms with Gasteiger partial charge in [0.25, 0.3) is 0 Å². The van der Waals surface area contributed by atoms with Crippen molar-refractivity contribution in [1.82, 2.24) is 5.32 Å². The van der Waals surface area contributed by atoms with Crippen LogP contribution in [0.25, 0.3) is 0 Å². The molecule has 0 amide bonds. The molecule has 1 aliphatic rings. The van der Waals surface area contributed by atoms with Crippen LogP contribution in [0.15, 0.2) is 0 Å². The van der Waals surface area contributed by atoms with E-state index in [-0.39, 0.29) is 24.0 Å². The van der Waals surface area contributed by atoms with Crippen molar-refractivity contribution in [3.05, 3.63) is 0 Å². The van der Waals surface area contributed by atoms with Gasteiger partial charge in [-0.15, -0.1) is 0 Å². The Balaban J connectivity index is 2.48. The third-order valence-electron chi connectivity index (χ3n) is 3.62. The maximum Gasteiger partial charge on any atom is 0.306 e. The second kappa shape index (κ2) is 7.09. The highest BCUT2D eigenvalue weighted by Gasteiger charge is 2.28. The normalized spacial score (nSPS) is 18.8. The molecule has 1 saturated carbocycles. The Morgan fingerprint density at radius 3 is 2.50 bits per heavy atom. The Labute approximate surface area is 109 Å². The molecule has 1 fully saturated rings. The first-order valence-electron chi connectivity index (χ1n) is 6.43. The zero-order valence-corrected chi connectivity index (χ0v) is 12.0. The highest BCUT2D eigenvalue weighted by molar-refractivity contribution is 7.91. The fourth-order valence-electron chi connectivity index (χ4n) is 2.51. The maximum atomic E-state index is 11.9. The third-order valence-corrected chi connectivity index (χ3v) is 5.31. The molecular weight excluding hydrogens is 254 g/mol. The minimum absolute atomic E-state index is 0.00940. The molecule has 1 aliphatic carbocycles. The average molecular weight is 277 g/mol. The van der Waals surface area contributed by atoms with Gasteiger partial charge in [-0.3, -0.25) is 4.79 Å². The molecule has 1 rings (SSSR count). The summed E-state index contributed by atoms with van der Waals surface area (Å²) in [5.41, 5.74) is 0. The van der Waals surface area contributed by atoms with Crippen molar-refractivity contribution >= 4 is 15.8 Å². The number of sulfone groups is 1. The molecule has 1 N–H and O–H groups in total. The van der Waals surface area contributed by atoms with E-state index in [4.69, 9.17) is 0 Å². The van der Waals surface area contributed by atoms with Gasteiger partial charge in [-0.2, -0.15) is 0 Å². The minimum Gasteiger partial charge on any atom is -0.469 e. The second-order valence-corrected chi connectivity index (χ2v) is 7.11. The number of nitrogens with one attached hydrogen (secondary N) is 1. The van der Waals surface area contributed by atoms with Gasteiger partial charge in [0.2, 0.25) is 0 Å².